The Morgan fingerprint density at radius 1 is 1.25 bits per heavy atom. The molecule has 1 aromatic carbocycles. The molecule has 20 heavy (non-hydrogen) atoms. The van der Waals surface area contributed by atoms with Crippen LogP contribution in [0.1, 0.15) is 25.3 Å². The molecule has 1 aromatic rings. The normalized spacial score (nSPS) is 14.6. The van der Waals surface area contributed by atoms with E-state index in [9.17, 15) is 4.79 Å². The molecule has 0 spiro atoms. The molecular formula is C16H25N3O. The van der Waals surface area contributed by atoms with Gasteiger partial charge in [-0.1, -0.05) is 19.1 Å². The van der Waals surface area contributed by atoms with E-state index in [0.29, 0.717) is 6.54 Å². The van der Waals surface area contributed by atoms with Crippen molar-refractivity contribution in [2.45, 2.75) is 26.3 Å². The highest BCUT2D eigenvalue weighted by molar-refractivity contribution is 5.81. The van der Waals surface area contributed by atoms with Crippen molar-refractivity contribution >= 4 is 11.6 Å². The van der Waals surface area contributed by atoms with Crippen molar-refractivity contribution in [1.29, 1.82) is 0 Å². The quantitative estimate of drug-likeness (QED) is 0.860. The minimum atomic E-state index is 0.238. The van der Waals surface area contributed by atoms with Crippen molar-refractivity contribution in [3.63, 3.8) is 0 Å². The van der Waals surface area contributed by atoms with Gasteiger partial charge in [-0.2, -0.15) is 0 Å². The molecule has 4 nitrogen and oxygen atoms in total. The van der Waals surface area contributed by atoms with Crippen LogP contribution in [-0.4, -0.2) is 44.0 Å². The molecule has 0 bridgehead atoms. The van der Waals surface area contributed by atoms with Gasteiger partial charge >= 0.3 is 0 Å². The van der Waals surface area contributed by atoms with Gasteiger partial charge in [-0.25, -0.2) is 0 Å². The van der Waals surface area contributed by atoms with E-state index in [-0.39, 0.29) is 5.91 Å². The van der Waals surface area contributed by atoms with Crippen LogP contribution in [0.25, 0.3) is 0 Å². The third kappa shape index (κ3) is 3.97. The van der Waals surface area contributed by atoms with Gasteiger partial charge < -0.3 is 15.1 Å². The topological polar surface area (TPSA) is 35.6 Å². The van der Waals surface area contributed by atoms with Gasteiger partial charge in [0, 0.05) is 32.4 Å². The maximum absolute atomic E-state index is 12.1. The van der Waals surface area contributed by atoms with Crippen molar-refractivity contribution in [1.82, 2.24) is 10.2 Å². The third-order valence-electron chi connectivity index (χ3n) is 3.79. The van der Waals surface area contributed by atoms with Crippen LogP contribution in [0.2, 0.25) is 0 Å². The van der Waals surface area contributed by atoms with Crippen molar-refractivity contribution in [2.75, 3.05) is 38.1 Å². The first-order chi connectivity index (χ1) is 9.70. The van der Waals surface area contributed by atoms with Gasteiger partial charge in [0.25, 0.3) is 0 Å². The van der Waals surface area contributed by atoms with Crippen LogP contribution in [-0.2, 0) is 11.3 Å². The van der Waals surface area contributed by atoms with E-state index < -0.39 is 0 Å². The first-order valence-corrected chi connectivity index (χ1v) is 7.49. The predicted molar refractivity (Wildman–Crippen MR) is 82.9 cm³/mol. The van der Waals surface area contributed by atoms with Gasteiger partial charge in [-0.05, 0) is 37.1 Å². The van der Waals surface area contributed by atoms with Crippen LogP contribution in [0.5, 0.6) is 0 Å². The van der Waals surface area contributed by atoms with Crippen molar-refractivity contribution < 1.29 is 4.79 Å². The standard InChI is InChI=1S/C16H25N3O/c1-3-17-12-14-6-8-15(9-7-14)18(2)13-16(20)19-10-4-5-11-19/h6-9,17H,3-5,10-13H2,1-2H3. The van der Waals surface area contributed by atoms with Gasteiger partial charge in [0.2, 0.25) is 5.91 Å². The van der Waals surface area contributed by atoms with Gasteiger partial charge in [-0.3, -0.25) is 4.79 Å². The van der Waals surface area contributed by atoms with Crippen molar-refractivity contribution in [2.24, 2.45) is 0 Å². The first-order valence-electron chi connectivity index (χ1n) is 7.49. The summed E-state index contributed by atoms with van der Waals surface area (Å²) in [7, 11) is 1.98. The van der Waals surface area contributed by atoms with E-state index in [1.54, 1.807) is 0 Å². The smallest absolute Gasteiger partial charge is 0.242 e. The molecular weight excluding hydrogens is 250 g/mol. The fraction of sp³-hybridized carbons (Fsp3) is 0.562. The number of benzene rings is 1. The number of nitrogens with one attached hydrogen (secondary N) is 1. The van der Waals surface area contributed by atoms with Crippen LogP contribution in [0.4, 0.5) is 5.69 Å². The molecule has 1 saturated heterocycles. The summed E-state index contributed by atoms with van der Waals surface area (Å²) >= 11 is 0. The molecule has 1 fully saturated rings. The van der Waals surface area contributed by atoms with Gasteiger partial charge in [0.15, 0.2) is 0 Å². The molecule has 1 heterocycles. The number of rotatable bonds is 6. The van der Waals surface area contributed by atoms with Gasteiger partial charge in [0.05, 0.1) is 6.54 Å². The highest BCUT2D eigenvalue weighted by atomic mass is 16.2. The minimum Gasteiger partial charge on any atom is -0.365 e. The highest BCUT2D eigenvalue weighted by Crippen LogP contribution is 2.15. The number of carbonyl (C=O) groups is 1. The Morgan fingerprint density at radius 2 is 1.90 bits per heavy atom. The van der Waals surface area contributed by atoms with E-state index in [2.05, 4.69) is 36.5 Å². The molecule has 1 N–H and O–H groups in total. The molecule has 0 aliphatic carbocycles. The van der Waals surface area contributed by atoms with Crippen molar-refractivity contribution in [3.05, 3.63) is 29.8 Å². The maximum atomic E-state index is 12.1. The first kappa shape index (κ1) is 14.9. The third-order valence-corrected chi connectivity index (χ3v) is 3.79. The zero-order valence-corrected chi connectivity index (χ0v) is 12.6. The number of carbonyl (C=O) groups excluding carboxylic acids is 1. The summed E-state index contributed by atoms with van der Waals surface area (Å²) < 4.78 is 0. The molecule has 4 heteroatoms. The Morgan fingerprint density at radius 3 is 2.50 bits per heavy atom. The lowest BCUT2D eigenvalue weighted by Crippen LogP contribution is -2.37. The second-order valence-electron chi connectivity index (χ2n) is 5.39. The maximum Gasteiger partial charge on any atom is 0.242 e. The zero-order valence-electron chi connectivity index (χ0n) is 12.6. The second-order valence-corrected chi connectivity index (χ2v) is 5.39. The summed E-state index contributed by atoms with van der Waals surface area (Å²) in [5, 5.41) is 3.31. The summed E-state index contributed by atoms with van der Waals surface area (Å²) in [5.41, 5.74) is 2.37. The lowest BCUT2D eigenvalue weighted by Gasteiger charge is -2.23. The van der Waals surface area contributed by atoms with E-state index in [1.165, 1.54) is 5.56 Å². The van der Waals surface area contributed by atoms with Crippen LogP contribution in [0.3, 0.4) is 0 Å². The summed E-state index contributed by atoms with van der Waals surface area (Å²) in [6.45, 7) is 6.29. The zero-order chi connectivity index (χ0) is 14.4. The van der Waals surface area contributed by atoms with E-state index in [1.807, 2.05) is 16.8 Å². The van der Waals surface area contributed by atoms with E-state index >= 15 is 0 Å². The molecule has 110 valence electrons. The molecule has 1 amide bonds. The van der Waals surface area contributed by atoms with E-state index in [4.69, 9.17) is 0 Å². The number of hydrogen-bond donors (Lipinski definition) is 1. The highest BCUT2D eigenvalue weighted by Gasteiger charge is 2.19. The van der Waals surface area contributed by atoms with Gasteiger partial charge in [0.1, 0.15) is 0 Å². The largest absolute Gasteiger partial charge is 0.365 e. The number of hydrogen-bond acceptors (Lipinski definition) is 3. The number of anilines is 1. The van der Waals surface area contributed by atoms with Crippen LogP contribution in [0, 0.1) is 0 Å². The summed E-state index contributed by atoms with van der Waals surface area (Å²) in [4.78, 5) is 16.1. The van der Waals surface area contributed by atoms with E-state index in [0.717, 1.165) is 44.7 Å². The number of amides is 1. The van der Waals surface area contributed by atoms with Crippen LogP contribution < -0.4 is 10.2 Å². The fourth-order valence-electron chi connectivity index (χ4n) is 2.50. The molecule has 0 aromatic heterocycles. The predicted octanol–water partition coefficient (Wildman–Crippen LogP) is 1.85. The summed E-state index contributed by atoms with van der Waals surface area (Å²) in [6, 6.07) is 8.41. The average molecular weight is 275 g/mol. The Hall–Kier alpha value is -1.55. The number of nitrogens with zero attached hydrogens (tertiary/aromatic N) is 2. The Bertz CT molecular complexity index is 424. The lowest BCUT2D eigenvalue weighted by molar-refractivity contribution is -0.128. The Kier molecular flexibility index (Phi) is 5.41. The van der Waals surface area contributed by atoms with Gasteiger partial charge in [-0.15, -0.1) is 0 Å². The SMILES string of the molecule is CCNCc1ccc(N(C)CC(=O)N2CCCC2)cc1. The molecule has 0 unspecified atom stereocenters. The minimum absolute atomic E-state index is 0.238. The Balaban J connectivity index is 1.88. The fourth-order valence-corrected chi connectivity index (χ4v) is 2.50. The average Bonchev–Trinajstić information content (AvgIpc) is 3.00. The monoisotopic (exact) mass is 275 g/mol. The van der Waals surface area contributed by atoms with Crippen LogP contribution in [0.15, 0.2) is 24.3 Å². The molecule has 2 rings (SSSR count). The second kappa shape index (κ2) is 7.29. The lowest BCUT2D eigenvalue weighted by atomic mass is 10.2. The molecule has 0 radical (unpaired) electrons. The Labute approximate surface area is 121 Å². The van der Waals surface area contributed by atoms with Crippen LogP contribution >= 0.6 is 0 Å². The van der Waals surface area contributed by atoms with Crippen molar-refractivity contribution in [3.8, 4) is 0 Å². The summed E-state index contributed by atoms with van der Waals surface area (Å²) in [5.74, 6) is 0.238. The number of likely N-dealkylation sites (tertiary alicyclic amines) is 1. The molecule has 1 aliphatic heterocycles. The molecule has 0 saturated carbocycles. The molecule has 1 aliphatic rings. The molecule has 0 atom stereocenters. The number of likely N-dealkylation sites (N-methyl/N-ethyl adjacent to an activating group) is 1. The summed E-state index contributed by atoms with van der Waals surface area (Å²) in [6.07, 6.45) is 2.29.